The number of anilines is 1. The van der Waals surface area contributed by atoms with Gasteiger partial charge in [0.15, 0.2) is 11.5 Å². The second-order valence-corrected chi connectivity index (χ2v) is 7.68. The number of aromatic nitrogens is 6. The van der Waals surface area contributed by atoms with Gasteiger partial charge < -0.3 is 10.3 Å². The summed E-state index contributed by atoms with van der Waals surface area (Å²) in [5, 5.41) is 3.54. The van der Waals surface area contributed by atoms with Gasteiger partial charge in [-0.15, -0.1) is 0 Å². The quantitative estimate of drug-likeness (QED) is 0.448. The van der Waals surface area contributed by atoms with E-state index in [0.717, 1.165) is 11.1 Å². The minimum Gasteiger partial charge on any atom is -0.358 e. The van der Waals surface area contributed by atoms with Crippen molar-refractivity contribution < 1.29 is 4.39 Å². The van der Waals surface area contributed by atoms with Crippen LogP contribution in [0.4, 0.5) is 10.2 Å². The smallest absolute Gasteiger partial charge is 0.266 e. The molecule has 5 aromatic rings. The van der Waals surface area contributed by atoms with Crippen LogP contribution < -0.4 is 10.9 Å². The van der Waals surface area contributed by atoms with Crippen LogP contribution in [0, 0.1) is 19.7 Å². The molecule has 0 unspecified atom stereocenters. The zero-order valence-corrected chi connectivity index (χ0v) is 17.7. The molecule has 0 aliphatic heterocycles. The molecule has 0 fully saturated rings. The lowest BCUT2D eigenvalue weighted by atomic mass is 10.1. The van der Waals surface area contributed by atoms with Crippen molar-refractivity contribution in [1.29, 1.82) is 0 Å². The Morgan fingerprint density at radius 1 is 1.12 bits per heavy atom. The van der Waals surface area contributed by atoms with Crippen molar-refractivity contribution >= 4 is 27.9 Å². The highest BCUT2D eigenvalue weighted by Gasteiger charge is 2.21. The van der Waals surface area contributed by atoms with Crippen LogP contribution in [0.5, 0.6) is 0 Å². The summed E-state index contributed by atoms with van der Waals surface area (Å²) in [7, 11) is 0. The van der Waals surface area contributed by atoms with E-state index in [9.17, 15) is 9.18 Å². The molecule has 0 bridgehead atoms. The van der Waals surface area contributed by atoms with Crippen molar-refractivity contribution in [3.05, 3.63) is 82.2 Å². The fraction of sp³-hybridized carbons (Fsp3) is 0.174. The van der Waals surface area contributed by atoms with Gasteiger partial charge in [-0.25, -0.2) is 24.3 Å². The SMILES string of the molecule is Cc1cccc(-n2c([C@H](C)Nc3ncnc4nc[nH]c34)nc3ccc(F)cc3c2=O)c1C. The van der Waals surface area contributed by atoms with Gasteiger partial charge in [0.1, 0.15) is 23.5 Å². The van der Waals surface area contributed by atoms with Gasteiger partial charge in [-0.05, 0) is 56.2 Å². The number of H-pyrrole nitrogens is 1. The van der Waals surface area contributed by atoms with Crippen LogP contribution in [0.25, 0.3) is 27.8 Å². The number of nitrogens with zero attached hydrogens (tertiary/aromatic N) is 5. The third-order valence-corrected chi connectivity index (χ3v) is 5.64. The number of hydrogen-bond acceptors (Lipinski definition) is 6. The summed E-state index contributed by atoms with van der Waals surface area (Å²) >= 11 is 0. The number of aryl methyl sites for hydroxylation is 1. The summed E-state index contributed by atoms with van der Waals surface area (Å²) in [6.07, 6.45) is 2.97. The first-order chi connectivity index (χ1) is 15.4. The highest BCUT2D eigenvalue weighted by molar-refractivity contribution is 5.82. The van der Waals surface area contributed by atoms with Crippen molar-refractivity contribution in [3.63, 3.8) is 0 Å². The van der Waals surface area contributed by atoms with Gasteiger partial charge in [0, 0.05) is 0 Å². The molecule has 0 aliphatic carbocycles. The van der Waals surface area contributed by atoms with E-state index in [4.69, 9.17) is 4.98 Å². The highest BCUT2D eigenvalue weighted by atomic mass is 19.1. The fourth-order valence-corrected chi connectivity index (χ4v) is 3.82. The second kappa shape index (κ2) is 7.52. The number of halogens is 1. The van der Waals surface area contributed by atoms with Crippen LogP contribution in [0.3, 0.4) is 0 Å². The zero-order valence-electron chi connectivity index (χ0n) is 17.7. The Hall–Kier alpha value is -4.14. The number of imidazole rings is 1. The van der Waals surface area contributed by atoms with Crippen molar-refractivity contribution in [1.82, 2.24) is 29.5 Å². The summed E-state index contributed by atoms with van der Waals surface area (Å²) in [6.45, 7) is 5.83. The summed E-state index contributed by atoms with van der Waals surface area (Å²) < 4.78 is 15.5. The minimum atomic E-state index is -0.481. The average molecular weight is 429 g/mol. The first-order valence-corrected chi connectivity index (χ1v) is 10.1. The normalized spacial score (nSPS) is 12.4. The average Bonchev–Trinajstić information content (AvgIpc) is 3.26. The van der Waals surface area contributed by atoms with Gasteiger partial charge in [-0.2, -0.15) is 0 Å². The van der Waals surface area contributed by atoms with Crippen LogP contribution in [0.15, 0.2) is 53.8 Å². The van der Waals surface area contributed by atoms with Gasteiger partial charge >= 0.3 is 0 Å². The van der Waals surface area contributed by atoms with E-state index in [-0.39, 0.29) is 10.9 Å². The monoisotopic (exact) mass is 429 g/mol. The third-order valence-electron chi connectivity index (χ3n) is 5.64. The van der Waals surface area contributed by atoms with Crippen molar-refractivity contribution in [2.45, 2.75) is 26.8 Å². The maximum atomic E-state index is 13.9. The number of fused-ring (bicyclic) bond motifs is 2. The molecular weight excluding hydrogens is 409 g/mol. The largest absolute Gasteiger partial charge is 0.358 e. The Kier molecular flexibility index (Phi) is 4.66. The Morgan fingerprint density at radius 3 is 2.81 bits per heavy atom. The molecular formula is C23H20FN7O. The van der Waals surface area contributed by atoms with E-state index >= 15 is 0 Å². The van der Waals surface area contributed by atoms with E-state index in [1.54, 1.807) is 10.9 Å². The Bertz CT molecular complexity index is 1540. The molecule has 1 atom stereocenters. The Morgan fingerprint density at radius 2 is 1.97 bits per heavy atom. The van der Waals surface area contributed by atoms with Crippen molar-refractivity contribution in [3.8, 4) is 5.69 Å². The highest BCUT2D eigenvalue weighted by Crippen LogP contribution is 2.25. The Labute approximate surface area is 182 Å². The lowest BCUT2D eigenvalue weighted by Crippen LogP contribution is -2.28. The maximum Gasteiger partial charge on any atom is 0.266 e. The van der Waals surface area contributed by atoms with Gasteiger partial charge in [0.2, 0.25) is 0 Å². The number of aromatic amines is 1. The summed E-state index contributed by atoms with van der Waals surface area (Å²) in [5.41, 5.74) is 3.96. The van der Waals surface area contributed by atoms with Crippen LogP contribution in [0.1, 0.15) is 29.9 Å². The molecule has 2 aromatic carbocycles. The van der Waals surface area contributed by atoms with Gasteiger partial charge in [-0.1, -0.05) is 12.1 Å². The van der Waals surface area contributed by atoms with Crippen LogP contribution in [0.2, 0.25) is 0 Å². The number of nitrogens with one attached hydrogen (secondary N) is 2. The molecule has 0 saturated carbocycles. The van der Waals surface area contributed by atoms with E-state index < -0.39 is 11.9 Å². The number of hydrogen-bond donors (Lipinski definition) is 2. The van der Waals surface area contributed by atoms with E-state index in [2.05, 4.69) is 25.3 Å². The lowest BCUT2D eigenvalue weighted by Gasteiger charge is -2.21. The van der Waals surface area contributed by atoms with Crippen LogP contribution in [-0.4, -0.2) is 29.5 Å². The zero-order chi connectivity index (χ0) is 22.4. The van der Waals surface area contributed by atoms with E-state index in [1.165, 1.54) is 24.5 Å². The predicted octanol–water partition coefficient (Wildman–Crippen LogP) is 3.98. The van der Waals surface area contributed by atoms with E-state index in [0.29, 0.717) is 34.0 Å². The molecule has 3 heterocycles. The third kappa shape index (κ3) is 3.18. The van der Waals surface area contributed by atoms with E-state index in [1.807, 2.05) is 39.0 Å². The van der Waals surface area contributed by atoms with Crippen molar-refractivity contribution in [2.24, 2.45) is 0 Å². The molecule has 9 heteroatoms. The summed E-state index contributed by atoms with van der Waals surface area (Å²) in [6, 6.07) is 9.37. The molecule has 2 N–H and O–H groups in total. The summed E-state index contributed by atoms with van der Waals surface area (Å²) in [5.74, 6) is 0.542. The first-order valence-electron chi connectivity index (χ1n) is 10.1. The van der Waals surface area contributed by atoms with Crippen molar-refractivity contribution in [2.75, 3.05) is 5.32 Å². The van der Waals surface area contributed by atoms with Gasteiger partial charge in [0.25, 0.3) is 5.56 Å². The molecule has 5 rings (SSSR count). The number of rotatable bonds is 4. The molecule has 0 saturated heterocycles. The maximum absolute atomic E-state index is 13.9. The number of benzene rings is 2. The van der Waals surface area contributed by atoms with Gasteiger partial charge in [0.05, 0.1) is 29.0 Å². The molecule has 0 aliphatic rings. The lowest BCUT2D eigenvalue weighted by molar-refractivity contribution is 0.629. The second-order valence-electron chi connectivity index (χ2n) is 7.68. The molecule has 8 nitrogen and oxygen atoms in total. The predicted molar refractivity (Wildman–Crippen MR) is 120 cm³/mol. The minimum absolute atomic E-state index is 0.222. The molecule has 0 spiro atoms. The van der Waals surface area contributed by atoms with Crippen LogP contribution >= 0.6 is 0 Å². The topological polar surface area (TPSA) is 101 Å². The fourth-order valence-electron chi connectivity index (χ4n) is 3.82. The molecule has 160 valence electrons. The Balaban J connectivity index is 1.74. The first kappa shape index (κ1) is 19.8. The van der Waals surface area contributed by atoms with Gasteiger partial charge in [-0.3, -0.25) is 9.36 Å². The molecule has 0 amide bonds. The molecule has 0 radical (unpaired) electrons. The summed E-state index contributed by atoms with van der Waals surface area (Å²) in [4.78, 5) is 34.0. The molecule has 32 heavy (non-hydrogen) atoms. The molecule has 3 aromatic heterocycles. The standard InChI is InChI=1S/C23H20FN7O/c1-12-5-4-6-18(13(12)2)31-22(30-17-8-7-15(24)9-16(17)23(31)32)14(3)29-21-19-20(26-10-25-19)27-11-28-21/h4-11,14H,1-3H3,(H2,25,26,27,28,29)/t14-/m0/s1. The van der Waals surface area contributed by atoms with Crippen LogP contribution in [-0.2, 0) is 0 Å².